The molecule has 0 saturated carbocycles. The van der Waals surface area contributed by atoms with Gasteiger partial charge in [0.2, 0.25) is 0 Å². The molecule has 1 heterocycles. The molecule has 1 aliphatic rings. The largest absolute Gasteiger partial charge is 0.308 e. The van der Waals surface area contributed by atoms with Crippen LogP contribution in [0.15, 0.2) is 0 Å². The van der Waals surface area contributed by atoms with Crippen LogP contribution in [0.2, 0.25) is 0 Å². The van der Waals surface area contributed by atoms with Gasteiger partial charge in [-0.2, -0.15) is 0 Å². The van der Waals surface area contributed by atoms with E-state index in [1.165, 1.54) is 25.7 Å². The van der Waals surface area contributed by atoms with Crippen LogP contribution in [0.4, 0.5) is 0 Å². The second kappa shape index (κ2) is 3.78. The molecule has 0 spiro atoms. The summed E-state index contributed by atoms with van der Waals surface area (Å²) < 4.78 is 0. The molecular formula is C11H23N. The van der Waals surface area contributed by atoms with Crippen molar-refractivity contribution < 1.29 is 0 Å². The Kier molecular flexibility index (Phi) is 3.16. The first-order valence-corrected chi connectivity index (χ1v) is 5.41. The Bertz CT molecular complexity index is 134. The highest BCUT2D eigenvalue weighted by molar-refractivity contribution is 5.02. The molecule has 1 fully saturated rings. The van der Waals surface area contributed by atoms with Gasteiger partial charge in [-0.1, -0.05) is 34.1 Å². The molecule has 1 heteroatoms. The van der Waals surface area contributed by atoms with Crippen molar-refractivity contribution in [1.29, 1.82) is 0 Å². The molecule has 1 aliphatic heterocycles. The lowest BCUT2D eigenvalue weighted by molar-refractivity contribution is 0.0882. The lowest BCUT2D eigenvalue weighted by atomic mass is 9.73. The van der Waals surface area contributed by atoms with E-state index in [-0.39, 0.29) is 0 Å². The van der Waals surface area contributed by atoms with Gasteiger partial charge in [0.1, 0.15) is 0 Å². The Labute approximate surface area is 76.9 Å². The van der Waals surface area contributed by atoms with Gasteiger partial charge < -0.3 is 5.32 Å². The van der Waals surface area contributed by atoms with Crippen LogP contribution in [0.1, 0.15) is 53.4 Å². The van der Waals surface area contributed by atoms with Crippen molar-refractivity contribution in [1.82, 2.24) is 5.32 Å². The summed E-state index contributed by atoms with van der Waals surface area (Å²) in [7, 11) is 0. The minimum atomic E-state index is 0.518. The minimum absolute atomic E-state index is 0.518. The molecule has 0 aromatic rings. The van der Waals surface area contributed by atoms with Crippen LogP contribution in [0.3, 0.4) is 0 Å². The fourth-order valence-corrected chi connectivity index (χ4v) is 2.27. The van der Waals surface area contributed by atoms with Gasteiger partial charge in [-0.15, -0.1) is 0 Å². The number of hydrogen-bond donors (Lipinski definition) is 1. The van der Waals surface area contributed by atoms with Crippen molar-refractivity contribution in [2.45, 2.75) is 65.0 Å². The van der Waals surface area contributed by atoms with Gasteiger partial charge in [0.25, 0.3) is 0 Å². The Balaban J connectivity index is 2.35. The van der Waals surface area contributed by atoms with E-state index in [1.54, 1.807) is 0 Å². The zero-order chi connectivity index (χ0) is 9.19. The number of nitrogens with one attached hydrogen (secondary N) is 1. The molecule has 2 unspecified atom stereocenters. The highest BCUT2D eigenvalue weighted by atomic mass is 15.1. The molecule has 0 amide bonds. The lowest BCUT2D eigenvalue weighted by Gasteiger charge is -2.51. The highest BCUT2D eigenvalue weighted by Crippen LogP contribution is 2.35. The summed E-state index contributed by atoms with van der Waals surface area (Å²) in [5.41, 5.74) is 0.518. The molecule has 0 aliphatic carbocycles. The summed E-state index contributed by atoms with van der Waals surface area (Å²) >= 11 is 0. The summed E-state index contributed by atoms with van der Waals surface area (Å²) in [4.78, 5) is 0. The Hall–Kier alpha value is -0.0400. The summed E-state index contributed by atoms with van der Waals surface area (Å²) in [5.74, 6) is 0.807. The van der Waals surface area contributed by atoms with Crippen molar-refractivity contribution >= 4 is 0 Å². The summed E-state index contributed by atoms with van der Waals surface area (Å²) in [6.45, 7) is 9.20. The van der Waals surface area contributed by atoms with Gasteiger partial charge in [-0.05, 0) is 25.2 Å². The smallest absolute Gasteiger partial charge is 0.0196 e. The minimum Gasteiger partial charge on any atom is -0.308 e. The van der Waals surface area contributed by atoms with Gasteiger partial charge in [0.05, 0.1) is 0 Å². The average Bonchev–Trinajstić information content (AvgIpc) is 1.95. The first-order valence-electron chi connectivity index (χ1n) is 5.41. The van der Waals surface area contributed by atoms with E-state index in [4.69, 9.17) is 0 Å². The molecule has 0 aromatic heterocycles. The van der Waals surface area contributed by atoms with Crippen molar-refractivity contribution in [3.8, 4) is 0 Å². The zero-order valence-corrected chi connectivity index (χ0v) is 8.98. The van der Waals surface area contributed by atoms with Crippen LogP contribution in [-0.2, 0) is 0 Å². The van der Waals surface area contributed by atoms with Crippen LogP contribution in [0.25, 0.3) is 0 Å². The molecule has 1 nitrogen and oxygen atoms in total. The molecule has 1 saturated heterocycles. The van der Waals surface area contributed by atoms with Crippen LogP contribution in [0, 0.1) is 5.92 Å². The van der Waals surface area contributed by atoms with Gasteiger partial charge in [-0.3, -0.25) is 0 Å². The molecule has 1 N–H and O–H groups in total. The molecule has 0 radical (unpaired) electrons. The summed E-state index contributed by atoms with van der Waals surface area (Å²) in [6.07, 6.45) is 5.36. The van der Waals surface area contributed by atoms with Crippen LogP contribution in [0.5, 0.6) is 0 Å². The Morgan fingerprint density at radius 2 is 2.00 bits per heavy atom. The number of hydrogen-bond acceptors (Lipinski definition) is 1. The van der Waals surface area contributed by atoms with Crippen molar-refractivity contribution in [3.05, 3.63) is 0 Å². The highest BCUT2D eigenvalue weighted by Gasteiger charge is 2.41. The first kappa shape index (κ1) is 10.0. The quantitative estimate of drug-likeness (QED) is 0.682. The Morgan fingerprint density at radius 1 is 1.42 bits per heavy atom. The molecule has 0 bridgehead atoms. The Morgan fingerprint density at radius 3 is 2.33 bits per heavy atom. The molecule has 2 atom stereocenters. The maximum atomic E-state index is 3.74. The maximum absolute atomic E-state index is 3.74. The fourth-order valence-electron chi connectivity index (χ4n) is 2.27. The normalized spacial score (nSPS) is 35.2. The van der Waals surface area contributed by atoms with E-state index in [0.29, 0.717) is 5.54 Å². The first-order chi connectivity index (χ1) is 5.63. The second-order valence-corrected chi connectivity index (χ2v) is 4.58. The standard InChI is InChI=1S/C11H23N/c1-5-7-11(6-2)8-10(12-11)9(3)4/h9-10,12H,5-8H2,1-4H3. The third-order valence-electron chi connectivity index (χ3n) is 3.31. The molecule has 72 valence electrons. The van der Waals surface area contributed by atoms with Gasteiger partial charge in [-0.25, -0.2) is 0 Å². The van der Waals surface area contributed by atoms with E-state index in [2.05, 4.69) is 33.0 Å². The van der Waals surface area contributed by atoms with E-state index in [9.17, 15) is 0 Å². The topological polar surface area (TPSA) is 12.0 Å². The van der Waals surface area contributed by atoms with Crippen LogP contribution >= 0.6 is 0 Å². The maximum Gasteiger partial charge on any atom is 0.0196 e. The summed E-state index contributed by atoms with van der Waals surface area (Å²) in [5, 5.41) is 3.74. The van der Waals surface area contributed by atoms with E-state index < -0.39 is 0 Å². The third-order valence-corrected chi connectivity index (χ3v) is 3.31. The van der Waals surface area contributed by atoms with Crippen LogP contribution in [-0.4, -0.2) is 11.6 Å². The molecular weight excluding hydrogens is 146 g/mol. The zero-order valence-electron chi connectivity index (χ0n) is 8.98. The predicted molar refractivity (Wildman–Crippen MR) is 54.3 cm³/mol. The molecule has 12 heavy (non-hydrogen) atoms. The van der Waals surface area contributed by atoms with Crippen molar-refractivity contribution in [2.24, 2.45) is 5.92 Å². The van der Waals surface area contributed by atoms with E-state index in [0.717, 1.165) is 12.0 Å². The van der Waals surface area contributed by atoms with Gasteiger partial charge in [0.15, 0.2) is 0 Å². The van der Waals surface area contributed by atoms with Gasteiger partial charge in [0, 0.05) is 11.6 Å². The van der Waals surface area contributed by atoms with Gasteiger partial charge >= 0.3 is 0 Å². The van der Waals surface area contributed by atoms with Crippen molar-refractivity contribution in [2.75, 3.05) is 0 Å². The second-order valence-electron chi connectivity index (χ2n) is 4.58. The van der Waals surface area contributed by atoms with E-state index >= 15 is 0 Å². The monoisotopic (exact) mass is 169 g/mol. The SMILES string of the molecule is CCCC1(CC)CC(C(C)C)N1. The number of rotatable bonds is 4. The predicted octanol–water partition coefficient (Wildman–Crippen LogP) is 2.95. The van der Waals surface area contributed by atoms with Crippen molar-refractivity contribution in [3.63, 3.8) is 0 Å². The summed E-state index contributed by atoms with van der Waals surface area (Å²) in [6, 6.07) is 0.788. The molecule has 0 aromatic carbocycles. The van der Waals surface area contributed by atoms with Crippen LogP contribution < -0.4 is 5.32 Å². The lowest BCUT2D eigenvalue weighted by Crippen LogP contribution is -2.64. The average molecular weight is 169 g/mol. The molecule has 1 rings (SSSR count). The third kappa shape index (κ3) is 1.82. The fraction of sp³-hybridized carbons (Fsp3) is 1.00. The van der Waals surface area contributed by atoms with E-state index in [1.807, 2.05) is 0 Å².